The Balaban J connectivity index is 1.50. The van der Waals surface area contributed by atoms with Crippen molar-refractivity contribution in [3.05, 3.63) is 59.8 Å². The van der Waals surface area contributed by atoms with Crippen molar-refractivity contribution in [2.75, 3.05) is 0 Å². The number of amides is 2. The zero-order valence-electron chi connectivity index (χ0n) is 16.2. The smallest absolute Gasteiger partial charge is 0.242 e. The molecule has 6 nitrogen and oxygen atoms in total. The van der Waals surface area contributed by atoms with E-state index in [4.69, 9.17) is 4.74 Å². The van der Waals surface area contributed by atoms with Crippen LogP contribution >= 0.6 is 0 Å². The van der Waals surface area contributed by atoms with Crippen molar-refractivity contribution >= 4 is 11.8 Å². The lowest BCUT2D eigenvalue weighted by atomic mass is 10.1. The van der Waals surface area contributed by atoms with Gasteiger partial charge in [0.25, 0.3) is 0 Å². The molecule has 0 bridgehead atoms. The molecule has 2 aromatic rings. The SMILES string of the molecule is C[C@@H](NC(=O)C1CCCC1)C(=O)NCc1cccnc1OCc1ccccc1. The van der Waals surface area contributed by atoms with Crippen LogP contribution in [0.5, 0.6) is 5.88 Å². The molecule has 2 amide bonds. The first-order chi connectivity index (χ1) is 13.6. The Morgan fingerprint density at radius 2 is 1.89 bits per heavy atom. The van der Waals surface area contributed by atoms with E-state index in [0.717, 1.165) is 36.8 Å². The van der Waals surface area contributed by atoms with Gasteiger partial charge in [-0.15, -0.1) is 0 Å². The summed E-state index contributed by atoms with van der Waals surface area (Å²) in [6, 6.07) is 12.9. The van der Waals surface area contributed by atoms with Crippen molar-refractivity contribution in [2.45, 2.75) is 51.8 Å². The molecular weight excluding hydrogens is 354 g/mol. The van der Waals surface area contributed by atoms with Crippen LogP contribution in [0.1, 0.15) is 43.7 Å². The third-order valence-corrected chi connectivity index (χ3v) is 5.00. The molecule has 1 fully saturated rings. The highest BCUT2D eigenvalue weighted by Gasteiger charge is 2.25. The second-order valence-corrected chi connectivity index (χ2v) is 7.17. The minimum Gasteiger partial charge on any atom is -0.473 e. The summed E-state index contributed by atoms with van der Waals surface area (Å²) in [7, 11) is 0. The van der Waals surface area contributed by atoms with E-state index in [1.807, 2.05) is 42.5 Å². The molecule has 1 aliphatic carbocycles. The van der Waals surface area contributed by atoms with Crippen LogP contribution in [-0.4, -0.2) is 22.8 Å². The molecule has 1 aromatic heterocycles. The summed E-state index contributed by atoms with van der Waals surface area (Å²) >= 11 is 0. The van der Waals surface area contributed by atoms with Crippen molar-refractivity contribution in [3.8, 4) is 5.88 Å². The van der Waals surface area contributed by atoms with Crippen LogP contribution in [-0.2, 0) is 22.7 Å². The zero-order chi connectivity index (χ0) is 19.8. The molecule has 1 heterocycles. The van der Waals surface area contributed by atoms with Crippen LogP contribution in [0.15, 0.2) is 48.7 Å². The summed E-state index contributed by atoms with van der Waals surface area (Å²) < 4.78 is 5.82. The molecule has 148 valence electrons. The largest absolute Gasteiger partial charge is 0.473 e. The van der Waals surface area contributed by atoms with Crippen molar-refractivity contribution in [3.63, 3.8) is 0 Å². The number of hydrogen-bond donors (Lipinski definition) is 2. The summed E-state index contributed by atoms with van der Waals surface area (Å²) in [4.78, 5) is 28.8. The number of benzene rings is 1. The standard InChI is InChI=1S/C22H27N3O3/c1-16(25-21(27)18-10-5-6-11-18)20(26)24-14-19-12-7-13-23-22(19)28-15-17-8-3-2-4-9-17/h2-4,7-9,12-13,16,18H,5-6,10-11,14-15H2,1H3,(H,24,26)(H,25,27)/t16-/m1/s1. The van der Waals surface area contributed by atoms with E-state index >= 15 is 0 Å². The molecule has 1 atom stereocenters. The zero-order valence-corrected chi connectivity index (χ0v) is 16.2. The topological polar surface area (TPSA) is 80.3 Å². The monoisotopic (exact) mass is 381 g/mol. The highest BCUT2D eigenvalue weighted by Crippen LogP contribution is 2.24. The molecule has 6 heteroatoms. The van der Waals surface area contributed by atoms with Crippen molar-refractivity contribution < 1.29 is 14.3 Å². The van der Waals surface area contributed by atoms with Crippen molar-refractivity contribution in [1.82, 2.24) is 15.6 Å². The molecule has 0 spiro atoms. The third kappa shape index (κ3) is 5.55. The second-order valence-electron chi connectivity index (χ2n) is 7.17. The van der Waals surface area contributed by atoms with Crippen LogP contribution in [0, 0.1) is 5.92 Å². The van der Waals surface area contributed by atoms with Crippen molar-refractivity contribution in [1.29, 1.82) is 0 Å². The number of nitrogens with one attached hydrogen (secondary N) is 2. The van der Waals surface area contributed by atoms with Gasteiger partial charge in [0, 0.05) is 24.2 Å². The third-order valence-electron chi connectivity index (χ3n) is 5.00. The first-order valence-corrected chi connectivity index (χ1v) is 9.82. The Morgan fingerprint density at radius 1 is 1.14 bits per heavy atom. The van der Waals surface area contributed by atoms with Gasteiger partial charge in [-0.1, -0.05) is 49.2 Å². The van der Waals surface area contributed by atoms with Crippen LogP contribution in [0.4, 0.5) is 0 Å². The van der Waals surface area contributed by atoms with E-state index in [9.17, 15) is 9.59 Å². The molecule has 28 heavy (non-hydrogen) atoms. The number of nitrogens with zero attached hydrogens (tertiary/aromatic N) is 1. The summed E-state index contributed by atoms with van der Waals surface area (Å²) in [6.45, 7) is 2.41. The van der Waals surface area contributed by atoms with Gasteiger partial charge >= 0.3 is 0 Å². The van der Waals surface area contributed by atoms with Gasteiger partial charge in [-0.05, 0) is 31.4 Å². The number of ether oxygens (including phenoxy) is 1. The van der Waals surface area contributed by atoms with E-state index < -0.39 is 6.04 Å². The van der Waals surface area contributed by atoms with E-state index in [1.165, 1.54) is 0 Å². The van der Waals surface area contributed by atoms with Gasteiger partial charge in [0.2, 0.25) is 17.7 Å². The Bertz CT molecular complexity index is 789. The predicted molar refractivity (Wildman–Crippen MR) is 106 cm³/mol. The van der Waals surface area contributed by atoms with Gasteiger partial charge in [0.1, 0.15) is 12.6 Å². The molecule has 1 aliphatic rings. The number of rotatable bonds is 8. The molecule has 3 rings (SSSR count). The second kappa shape index (κ2) is 9.88. The molecule has 1 saturated carbocycles. The van der Waals surface area contributed by atoms with Crippen LogP contribution in [0.3, 0.4) is 0 Å². The Hall–Kier alpha value is -2.89. The maximum atomic E-state index is 12.4. The van der Waals surface area contributed by atoms with Crippen LogP contribution in [0.25, 0.3) is 0 Å². The average Bonchev–Trinajstić information content (AvgIpc) is 3.27. The van der Waals surface area contributed by atoms with Gasteiger partial charge in [-0.3, -0.25) is 9.59 Å². The van der Waals surface area contributed by atoms with Crippen LogP contribution < -0.4 is 15.4 Å². The van der Waals surface area contributed by atoms with E-state index in [2.05, 4.69) is 15.6 Å². The Morgan fingerprint density at radius 3 is 2.64 bits per heavy atom. The molecular formula is C22H27N3O3. The van der Waals surface area contributed by atoms with E-state index in [1.54, 1.807) is 13.1 Å². The Labute approximate surface area is 165 Å². The lowest BCUT2D eigenvalue weighted by molar-refractivity contribution is -0.130. The van der Waals surface area contributed by atoms with Gasteiger partial charge in [-0.25, -0.2) is 4.98 Å². The lowest BCUT2D eigenvalue weighted by Crippen LogP contribution is -2.46. The minimum atomic E-state index is -0.571. The van der Waals surface area contributed by atoms with Gasteiger partial charge < -0.3 is 15.4 Å². The first kappa shape index (κ1) is 19.9. The number of pyridine rings is 1. The molecule has 0 saturated heterocycles. The molecule has 0 unspecified atom stereocenters. The fraction of sp³-hybridized carbons (Fsp3) is 0.409. The van der Waals surface area contributed by atoms with Gasteiger partial charge in [-0.2, -0.15) is 0 Å². The summed E-state index contributed by atoms with van der Waals surface area (Å²) in [5, 5.41) is 5.68. The fourth-order valence-corrected chi connectivity index (χ4v) is 3.33. The number of carbonyl (C=O) groups is 2. The number of carbonyl (C=O) groups excluding carboxylic acids is 2. The van der Waals surface area contributed by atoms with Gasteiger partial charge in [0.15, 0.2) is 0 Å². The molecule has 1 aromatic carbocycles. The van der Waals surface area contributed by atoms with Crippen LogP contribution in [0.2, 0.25) is 0 Å². The molecule has 0 radical (unpaired) electrons. The maximum absolute atomic E-state index is 12.4. The predicted octanol–water partition coefficient (Wildman–Crippen LogP) is 2.97. The lowest BCUT2D eigenvalue weighted by Gasteiger charge is -2.17. The number of hydrogen-bond acceptors (Lipinski definition) is 4. The first-order valence-electron chi connectivity index (χ1n) is 9.82. The average molecular weight is 381 g/mol. The summed E-state index contributed by atoms with van der Waals surface area (Å²) in [5.74, 6) is 0.304. The van der Waals surface area contributed by atoms with Gasteiger partial charge in [0.05, 0.1) is 0 Å². The minimum absolute atomic E-state index is 0.0200. The normalized spacial score (nSPS) is 15.0. The summed E-state index contributed by atoms with van der Waals surface area (Å²) in [5.41, 5.74) is 1.84. The fourth-order valence-electron chi connectivity index (χ4n) is 3.33. The highest BCUT2D eigenvalue weighted by molar-refractivity contribution is 5.88. The highest BCUT2D eigenvalue weighted by atomic mass is 16.5. The molecule has 2 N–H and O–H groups in total. The Kier molecular flexibility index (Phi) is 7.00. The van der Waals surface area contributed by atoms with Crippen molar-refractivity contribution in [2.24, 2.45) is 5.92 Å². The van der Waals surface area contributed by atoms with E-state index in [0.29, 0.717) is 19.0 Å². The maximum Gasteiger partial charge on any atom is 0.242 e. The van der Waals surface area contributed by atoms with E-state index in [-0.39, 0.29) is 17.7 Å². The summed E-state index contributed by atoms with van der Waals surface area (Å²) in [6.07, 6.45) is 5.67. The molecule has 0 aliphatic heterocycles. The quantitative estimate of drug-likeness (QED) is 0.737. The number of aromatic nitrogens is 1.